The number of fused-ring (bicyclic) bond motifs is 2. The maximum Gasteiger partial charge on any atom is 0.340 e. The largest absolute Gasteiger partial charge is 0.462 e. The topological polar surface area (TPSA) is 56.1 Å². The van der Waals surface area contributed by atoms with Crippen LogP contribution in [0, 0.1) is 0 Å². The second-order valence-corrected chi connectivity index (χ2v) is 6.74. The standard InChI is InChI=1S/C23H23N3O2/c1-4-28-23(27)22-18-10-9-15(13-20(18)26(3)21(22)14-24-2)16-11-12-25-19-8-6-5-7-17(16)19/h5-13,24H,4,14H2,1-3H3. The first-order valence-electron chi connectivity index (χ1n) is 9.42. The van der Waals surface area contributed by atoms with Gasteiger partial charge in [-0.1, -0.05) is 30.3 Å². The predicted octanol–water partition coefficient (Wildman–Crippen LogP) is 4.29. The lowest BCUT2D eigenvalue weighted by Gasteiger charge is -2.08. The Morgan fingerprint density at radius 3 is 2.75 bits per heavy atom. The maximum atomic E-state index is 12.6. The van der Waals surface area contributed by atoms with Gasteiger partial charge < -0.3 is 14.6 Å². The Hall–Kier alpha value is -3.18. The van der Waals surface area contributed by atoms with Crippen molar-refractivity contribution in [2.75, 3.05) is 13.7 Å². The van der Waals surface area contributed by atoms with Gasteiger partial charge in [0.2, 0.25) is 0 Å². The number of aryl methyl sites for hydroxylation is 1. The molecule has 2 heterocycles. The minimum atomic E-state index is -0.277. The number of benzene rings is 2. The van der Waals surface area contributed by atoms with E-state index in [4.69, 9.17) is 4.74 Å². The molecule has 28 heavy (non-hydrogen) atoms. The van der Waals surface area contributed by atoms with Crippen molar-refractivity contribution in [2.45, 2.75) is 13.5 Å². The van der Waals surface area contributed by atoms with E-state index in [1.807, 2.05) is 57.5 Å². The van der Waals surface area contributed by atoms with E-state index in [9.17, 15) is 4.79 Å². The van der Waals surface area contributed by atoms with Gasteiger partial charge in [0, 0.05) is 41.8 Å². The van der Waals surface area contributed by atoms with Crippen molar-refractivity contribution in [3.05, 3.63) is 66.0 Å². The van der Waals surface area contributed by atoms with Gasteiger partial charge in [0.1, 0.15) is 0 Å². The molecule has 5 nitrogen and oxygen atoms in total. The summed E-state index contributed by atoms with van der Waals surface area (Å²) in [7, 11) is 3.87. The van der Waals surface area contributed by atoms with Crippen LogP contribution in [0.1, 0.15) is 23.0 Å². The van der Waals surface area contributed by atoms with Crippen molar-refractivity contribution >= 4 is 27.8 Å². The fourth-order valence-corrected chi connectivity index (χ4v) is 3.81. The highest BCUT2D eigenvalue weighted by Crippen LogP contribution is 2.33. The first-order chi connectivity index (χ1) is 13.7. The lowest BCUT2D eigenvalue weighted by Crippen LogP contribution is -2.14. The van der Waals surface area contributed by atoms with Gasteiger partial charge in [-0.05, 0) is 43.3 Å². The van der Waals surface area contributed by atoms with Crippen molar-refractivity contribution in [1.29, 1.82) is 0 Å². The van der Waals surface area contributed by atoms with Gasteiger partial charge in [0.15, 0.2) is 0 Å². The summed E-state index contributed by atoms with van der Waals surface area (Å²) in [6.45, 7) is 2.77. The average Bonchev–Trinajstić information content (AvgIpc) is 2.99. The second-order valence-electron chi connectivity index (χ2n) is 6.74. The molecule has 5 heteroatoms. The van der Waals surface area contributed by atoms with Crippen molar-refractivity contribution in [1.82, 2.24) is 14.9 Å². The molecule has 0 unspecified atom stereocenters. The quantitative estimate of drug-likeness (QED) is 0.530. The number of hydrogen-bond acceptors (Lipinski definition) is 4. The van der Waals surface area contributed by atoms with Crippen LogP contribution >= 0.6 is 0 Å². The molecular weight excluding hydrogens is 350 g/mol. The van der Waals surface area contributed by atoms with Gasteiger partial charge in [-0.2, -0.15) is 0 Å². The van der Waals surface area contributed by atoms with Gasteiger partial charge in [0.25, 0.3) is 0 Å². The average molecular weight is 373 g/mol. The predicted molar refractivity (Wildman–Crippen MR) is 112 cm³/mol. The molecule has 0 fully saturated rings. The Morgan fingerprint density at radius 1 is 1.14 bits per heavy atom. The molecule has 2 aromatic heterocycles. The molecule has 0 amide bonds. The molecule has 0 bridgehead atoms. The molecule has 0 atom stereocenters. The minimum absolute atomic E-state index is 0.277. The summed E-state index contributed by atoms with van der Waals surface area (Å²) < 4.78 is 7.39. The van der Waals surface area contributed by atoms with E-state index in [1.165, 1.54) is 0 Å². The van der Waals surface area contributed by atoms with E-state index in [1.54, 1.807) is 0 Å². The molecule has 0 saturated carbocycles. The molecule has 0 saturated heterocycles. The highest BCUT2D eigenvalue weighted by atomic mass is 16.5. The van der Waals surface area contributed by atoms with E-state index < -0.39 is 0 Å². The van der Waals surface area contributed by atoms with Crippen molar-refractivity contribution < 1.29 is 9.53 Å². The first kappa shape index (κ1) is 18.2. The number of para-hydroxylation sites is 1. The SMILES string of the molecule is CCOC(=O)c1c(CNC)n(C)c2cc(-c3ccnc4ccccc34)ccc12. The number of pyridine rings is 1. The van der Waals surface area contributed by atoms with Crippen LogP contribution in [-0.4, -0.2) is 29.2 Å². The zero-order valence-electron chi connectivity index (χ0n) is 16.3. The summed E-state index contributed by atoms with van der Waals surface area (Å²) in [5, 5.41) is 5.18. The number of nitrogens with zero attached hydrogens (tertiary/aromatic N) is 2. The maximum absolute atomic E-state index is 12.6. The molecule has 0 aliphatic heterocycles. The lowest BCUT2D eigenvalue weighted by molar-refractivity contribution is 0.0527. The first-order valence-corrected chi connectivity index (χ1v) is 9.42. The zero-order valence-corrected chi connectivity index (χ0v) is 16.3. The number of ether oxygens (including phenoxy) is 1. The van der Waals surface area contributed by atoms with Crippen LogP contribution in [0.3, 0.4) is 0 Å². The third kappa shape index (κ3) is 2.94. The van der Waals surface area contributed by atoms with E-state index in [0.29, 0.717) is 18.7 Å². The molecular formula is C23H23N3O2. The van der Waals surface area contributed by atoms with Crippen LogP contribution in [0.2, 0.25) is 0 Å². The van der Waals surface area contributed by atoms with E-state index in [0.717, 1.165) is 38.6 Å². The third-order valence-corrected chi connectivity index (χ3v) is 5.11. The number of carbonyl (C=O) groups is 1. The van der Waals surface area contributed by atoms with Crippen LogP contribution in [0.5, 0.6) is 0 Å². The number of nitrogens with one attached hydrogen (secondary N) is 1. The van der Waals surface area contributed by atoms with Crippen molar-refractivity contribution in [3.63, 3.8) is 0 Å². The van der Waals surface area contributed by atoms with Crippen LogP contribution in [-0.2, 0) is 18.3 Å². The normalized spacial score (nSPS) is 11.2. The zero-order chi connectivity index (χ0) is 19.7. The molecule has 0 radical (unpaired) electrons. The molecule has 0 aliphatic rings. The molecule has 4 rings (SSSR count). The van der Waals surface area contributed by atoms with Crippen LogP contribution in [0.25, 0.3) is 32.9 Å². The smallest absolute Gasteiger partial charge is 0.340 e. The Kier molecular flexibility index (Phi) is 4.84. The van der Waals surface area contributed by atoms with Crippen molar-refractivity contribution in [3.8, 4) is 11.1 Å². The second kappa shape index (κ2) is 7.44. The van der Waals surface area contributed by atoms with Gasteiger partial charge >= 0.3 is 5.97 Å². The number of rotatable bonds is 5. The van der Waals surface area contributed by atoms with Gasteiger partial charge in [-0.25, -0.2) is 4.79 Å². The summed E-state index contributed by atoms with van der Waals surface area (Å²) >= 11 is 0. The fraction of sp³-hybridized carbons (Fsp3) is 0.217. The summed E-state index contributed by atoms with van der Waals surface area (Å²) in [4.78, 5) is 17.1. The molecule has 0 spiro atoms. The Labute approximate surface area is 164 Å². The molecule has 2 aromatic carbocycles. The number of hydrogen-bond donors (Lipinski definition) is 1. The van der Waals surface area contributed by atoms with Crippen LogP contribution in [0.15, 0.2) is 54.7 Å². The van der Waals surface area contributed by atoms with Gasteiger partial charge in [-0.3, -0.25) is 4.98 Å². The number of esters is 1. The Balaban J connectivity index is 1.94. The molecule has 0 aliphatic carbocycles. The Morgan fingerprint density at radius 2 is 1.96 bits per heavy atom. The van der Waals surface area contributed by atoms with Crippen molar-refractivity contribution in [2.24, 2.45) is 7.05 Å². The van der Waals surface area contributed by atoms with E-state index in [-0.39, 0.29) is 5.97 Å². The summed E-state index contributed by atoms with van der Waals surface area (Å²) in [6.07, 6.45) is 1.84. The molecule has 4 aromatic rings. The number of carbonyl (C=O) groups excluding carboxylic acids is 1. The monoisotopic (exact) mass is 373 g/mol. The summed E-state index contributed by atoms with van der Waals surface area (Å²) in [5.74, 6) is -0.277. The van der Waals surface area contributed by atoms with E-state index in [2.05, 4.69) is 33.1 Å². The fourth-order valence-electron chi connectivity index (χ4n) is 3.81. The highest BCUT2D eigenvalue weighted by Gasteiger charge is 2.22. The third-order valence-electron chi connectivity index (χ3n) is 5.11. The number of aromatic nitrogens is 2. The molecule has 142 valence electrons. The minimum Gasteiger partial charge on any atom is -0.462 e. The van der Waals surface area contributed by atoms with Crippen LogP contribution in [0.4, 0.5) is 0 Å². The summed E-state index contributed by atoms with van der Waals surface area (Å²) in [6, 6.07) is 16.4. The summed E-state index contributed by atoms with van der Waals surface area (Å²) in [5.41, 5.74) is 5.76. The van der Waals surface area contributed by atoms with E-state index >= 15 is 0 Å². The van der Waals surface area contributed by atoms with Gasteiger partial charge in [0.05, 0.1) is 17.7 Å². The highest BCUT2D eigenvalue weighted by molar-refractivity contribution is 6.07. The van der Waals surface area contributed by atoms with Crippen LogP contribution < -0.4 is 5.32 Å². The Bertz CT molecular complexity index is 1170. The lowest BCUT2D eigenvalue weighted by atomic mass is 9.99. The molecule has 1 N–H and O–H groups in total. The van der Waals surface area contributed by atoms with Gasteiger partial charge in [-0.15, -0.1) is 0 Å².